The second-order valence-corrected chi connectivity index (χ2v) is 9.62. The van der Waals surface area contributed by atoms with Crippen molar-refractivity contribution in [2.45, 2.75) is 64.9 Å². The molecule has 0 unspecified atom stereocenters. The van der Waals surface area contributed by atoms with Crippen molar-refractivity contribution in [3.63, 3.8) is 0 Å². The fraction of sp³-hybridized carbons (Fsp3) is 0.579. The maximum atomic E-state index is 11.3. The van der Waals surface area contributed by atoms with Gasteiger partial charge in [0.05, 0.1) is 11.3 Å². The third-order valence-electron chi connectivity index (χ3n) is 3.42. The van der Waals surface area contributed by atoms with Crippen LogP contribution in [-0.4, -0.2) is 42.3 Å². The third kappa shape index (κ3) is 13.1. The van der Waals surface area contributed by atoms with Crippen molar-refractivity contribution in [3.05, 3.63) is 29.8 Å². The standard InChI is InChI=1S/C12H23NO4.C7H8O3S/c1-11(2,3)17-10(16)13-7-6-12(4,5)8-9(14)15;1-6-2-4-7(5-3-6)11(8,9)10/h6-8H2,1-5H3,(H,13,16)(H,14,15);2-5H,1H3,(H,8,9,10). The van der Waals surface area contributed by atoms with E-state index in [-0.39, 0.29) is 16.7 Å². The Kier molecular flexibility index (Phi) is 9.63. The molecular weight excluding hydrogens is 386 g/mol. The van der Waals surface area contributed by atoms with Crippen LogP contribution in [0.1, 0.15) is 53.0 Å². The van der Waals surface area contributed by atoms with Crippen molar-refractivity contribution in [2.75, 3.05) is 6.54 Å². The van der Waals surface area contributed by atoms with Crippen molar-refractivity contribution >= 4 is 22.2 Å². The zero-order valence-corrected chi connectivity index (χ0v) is 18.1. The highest BCUT2D eigenvalue weighted by Gasteiger charge is 2.22. The SMILES string of the molecule is CC(C)(CCNC(=O)OC(C)(C)C)CC(=O)O.Cc1ccc(S(=O)(=O)O)cc1. The van der Waals surface area contributed by atoms with Crippen molar-refractivity contribution in [3.8, 4) is 0 Å². The van der Waals surface area contributed by atoms with E-state index in [1.807, 2.05) is 20.8 Å². The number of hydrogen-bond donors (Lipinski definition) is 3. The zero-order valence-electron chi connectivity index (χ0n) is 17.3. The Balaban J connectivity index is 0.000000567. The Hall–Kier alpha value is -2.13. The van der Waals surface area contributed by atoms with Crippen LogP contribution in [0.4, 0.5) is 4.79 Å². The van der Waals surface area contributed by atoms with Crippen LogP contribution < -0.4 is 5.32 Å². The van der Waals surface area contributed by atoms with Crippen molar-refractivity contribution in [2.24, 2.45) is 5.41 Å². The molecule has 0 aromatic heterocycles. The molecule has 1 rings (SSSR count). The van der Waals surface area contributed by atoms with E-state index in [1.165, 1.54) is 12.1 Å². The Morgan fingerprint density at radius 2 is 1.57 bits per heavy atom. The van der Waals surface area contributed by atoms with Gasteiger partial charge < -0.3 is 15.2 Å². The minimum Gasteiger partial charge on any atom is -0.481 e. The van der Waals surface area contributed by atoms with Crippen LogP contribution in [0.3, 0.4) is 0 Å². The number of nitrogens with one attached hydrogen (secondary N) is 1. The molecule has 0 saturated heterocycles. The van der Waals surface area contributed by atoms with Crippen LogP contribution in [-0.2, 0) is 19.6 Å². The number of amides is 1. The molecule has 0 atom stereocenters. The number of carboxylic acid groups (broad SMARTS) is 1. The van der Waals surface area contributed by atoms with Gasteiger partial charge in [-0.15, -0.1) is 0 Å². The maximum Gasteiger partial charge on any atom is 0.407 e. The molecule has 0 saturated carbocycles. The number of benzene rings is 1. The summed E-state index contributed by atoms with van der Waals surface area (Å²) in [5.74, 6) is -0.827. The lowest BCUT2D eigenvalue weighted by molar-refractivity contribution is -0.139. The number of carbonyl (C=O) groups excluding carboxylic acids is 1. The van der Waals surface area contributed by atoms with Gasteiger partial charge in [-0.25, -0.2) is 4.79 Å². The van der Waals surface area contributed by atoms with E-state index in [9.17, 15) is 18.0 Å². The second kappa shape index (κ2) is 10.4. The van der Waals surface area contributed by atoms with Gasteiger partial charge >= 0.3 is 12.1 Å². The van der Waals surface area contributed by atoms with Crippen LogP contribution in [0.15, 0.2) is 29.2 Å². The molecule has 1 aromatic carbocycles. The van der Waals surface area contributed by atoms with Crippen molar-refractivity contribution in [1.29, 1.82) is 0 Å². The highest BCUT2D eigenvalue weighted by atomic mass is 32.2. The van der Waals surface area contributed by atoms with Crippen LogP contribution in [0, 0.1) is 12.3 Å². The molecule has 9 heteroatoms. The molecule has 0 aliphatic carbocycles. The van der Waals surface area contributed by atoms with Gasteiger partial charge in [0.15, 0.2) is 0 Å². The first kappa shape index (κ1) is 25.9. The van der Waals surface area contributed by atoms with Gasteiger partial charge in [0.2, 0.25) is 0 Å². The number of aliphatic carboxylic acids is 1. The molecule has 3 N–H and O–H groups in total. The maximum absolute atomic E-state index is 11.3. The number of hydrogen-bond acceptors (Lipinski definition) is 5. The lowest BCUT2D eigenvalue weighted by atomic mass is 9.86. The topological polar surface area (TPSA) is 130 Å². The zero-order chi connectivity index (χ0) is 22.2. The summed E-state index contributed by atoms with van der Waals surface area (Å²) in [4.78, 5) is 21.8. The summed E-state index contributed by atoms with van der Waals surface area (Å²) in [6.45, 7) is 11.3. The molecule has 1 amide bonds. The van der Waals surface area contributed by atoms with Gasteiger partial charge in [0.1, 0.15) is 5.60 Å². The summed E-state index contributed by atoms with van der Waals surface area (Å²) >= 11 is 0. The van der Waals surface area contributed by atoms with Gasteiger partial charge in [0, 0.05) is 6.54 Å². The van der Waals surface area contributed by atoms with E-state index in [2.05, 4.69) is 5.32 Å². The first-order chi connectivity index (χ1) is 12.5. The molecular formula is C19H31NO7S. The number of carbonyl (C=O) groups is 2. The Labute approximate surface area is 167 Å². The first-order valence-corrected chi connectivity index (χ1v) is 10.2. The van der Waals surface area contributed by atoms with Gasteiger partial charge in [-0.1, -0.05) is 31.5 Å². The van der Waals surface area contributed by atoms with Gasteiger partial charge in [0.25, 0.3) is 10.1 Å². The molecule has 0 spiro atoms. The molecule has 0 aliphatic heterocycles. The first-order valence-electron chi connectivity index (χ1n) is 8.75. The Morgan fingerprint density at radius 1 is 1.07 bits per heavy atom. The van der Waals surface area contributed by atoms with Gasteiger partial charge in [-0.3, -0.25) is 9.35 Å². The third-order valence-corrected chi connectivity index (χ3v) is 4.29. The minimum absolute atomic E-state index is 0.0666. The molecule has 1 aromatic rings. The van der Waals surface area contributed by atoms with E-state index < -0.39 is 27.8 Å². The van der Waals surface area contributed by atoms with E-state index in [4.69, 9.17) is 14.4 Å². The molecule has 0 heterocycles. The number of ether oxygens (including phenoxy) is 1. The fourth-order valence-corrected chi connectivity index (χ4v) is 2.51. The summed E-state index contributed by atoms with van der Waals surface area (Å²) in [7, 11) is -4.02. The molecule has 0 fully saturated rings. The molecule has 0 aliphatic rings. The normalized spacial score (nSPS) is 11.8. The summed E-state index contributed by atoms with van der Waals surface area (Å²) in [5, 5.41) is 11.3. The summed E-state index contributed by atoms with van der Waals surface area (Å²) in [5.41, 5.74) is 0.110. The van der Waals surface area contributed by atoms with Crippen molar-refractivity contribution < 1.29 is 32.4 Å². The summed E-state index contributed by atoms with van der Waals surface area (Å²) < 4.78 is 34.6. The quantitative estimate of drug-likeness (QED) is 0.602. The number of alkyl carbamates (subject to hydrolysis) is 1. The second-order valence-electron chi connectivity index (χ2n) is 8.20. The smallest absolute Gasteiger partial charge is 0.407 e. The van der Waals surface area contributed by atoms with Crippen LogP contribution in [0.5, 0.6) is 0 Å². The number of rotatable bonds is 6. The molecule has 0 radical (unpaired) electrons. The lowest BCUT2D eigenvalue weighted by Gasteiger charge is -2.23. The van der Waals surface area contributed by atoms with Crippen LogP contribution >= 0.6 is 0 Å². The van der Waals surface area contributed by atoms with E-state index >= 15 is 0 Å². The van der Waals surface area contributed by atoms with Crippen molar-refractivity contribution in [1.82, 2.24) is 5.32 Å². The van der Waals surface area contributed by atoms with Gasteiger partial charge in [-0.05, 0) is 51.7 Å². The highest BCUT2D eigenvalue weighted by molar-refractivity contribution is 7.85. The fourth-order valence-electron chi connectivity index (χ4n) is 2.03. The van der Waals surface area contributed by atoms with E-state index in [0.29, 0.717) is 13.0 Å². The van der Waals surface area contributed by atoms with E-state index in [1.54, 1.807) is 32.9 Å². The monoisotopic (exact) mass is 417 g/mol. The van der Waals surface area contributed by atoms with Gasteiger partial charge in [-0.2, -0.15) is 8.42 Å². The van der Waals surface area contributed by atoms with Crippen LogP contribution in [0.25, 0.3) is 0 Å². The molecule has 8 nitrogen and oxygen atoms in total. The Bertz CT molecular complexity index is 747. The predicted octanol–water partition coefficient (Wildman–Crippen LogP) is 3.64. The number of aryl methyl sites for hydroxylation is 1. The predicted molar refractivity (Wildman–Crippen MR) is 106 cm³/mol. The average molecular weight is 418 g/mol. The molecule has 160 valence electrons. The number of carboxylic acids is 1. The average Bonchev–Trinajstić information content (AvgIpc) is 2.43. The minimum atomic E-state index is -4.02. The molecule has 28 heavy (non-hydrogen) atoms. The summed E-state index contributed by atoms with van der Waals surface area (Å²) in [6, 6.07) is 5.99. The van der Waals surface area contributed by atoms with Crippen LogP contribution in [0.2, 0.25) is 0 Å². The summed E-state index contributed by atoms with van der Waals surface area (Å²) in [6.07, 6.45) is 0.213. The molecule has 0 bridgehead atoms. The lowest BCUT2D eigenvalue weighted by Crippen LogP contribution is -2.34. The highest BCUT2D eigenvalue weighted by Crippen LogP contribution is 2.24. The largest absolute Gasteiger partial charge is 0.481 e. The van der Waals surface area contributed by atoms with E-state index in [0.717, 1.165) is 5.56 Å². The Morgan fingerprint density at radius 3 is 1.96 bits per heavy atom.